The molecule has 0 radical (unpaired) electrons. The topological polar surface area (TPSA) is 12.0 Å². The minimum absolute atomic E-state index is 0.875. The van der Waals surface area contributed by atoms with Crippen LogP contribution in [-0.4, -0.2) is 0 Å². The van der Waals surface area contributed by atoms with Crippen molar-refractivity contribution in [2.75, 3.05) is 5.32 Å². The molecule has 1 nitrogen and oxygen atoms in total. The number of hydrogen-bond acceptors (Lipinski definition) is 2. The van der Waals surface area contributed by atoms with Crippen molar-refractivity contribution in [1.82, 2.24) is 0 Å². The molecular formula is C13H13Br2NS. The largest absolute Gasteiger partial charge is 0.380 e. The Labute approximate surface area is 123 Å². The molecule has 0 unspecified atom stereocenters. The summed E-state index contributed by atoms with van der Waals surface area (Å²) >= 11 is 8.75. The van der Waals surface area contributed by atoms with E-state index in [-0.39, 0.29) is 0 Å². The Balaban J connectivity index is 2.14. The summed E-state index contributed by atoms with van der Waals surface area (Å²) in [4.78, 5) is 1.33. The molecule has 0 saturated carbocycles. The van der Waals surface area contributed by atoms with E-state index in [9.17, 15) is 0 Å². The number of rotatable bonds is 3. The monoisotopic (exact) mass is 373 g/mol. The normalized spacial score (nSPS) is 10.6. The molecule has 1 heterocycles. The summed E-state index contributed by atoms with van der Waals surface area (Å²) in [5.74, 6) is 0. The molecule has 0 aliphatic rings. The van der Waals surface area contributed by atoms with E-state index in [0.717, 1.165) is 15.5 Å². The Morgan fingerprint density at radius 3 is 2.24 bits per heavy atom. The van der Waals surface area contributed by atoms with Gasteiger partial charge in [-0.15, -0.1) is 11.3 Å². The predicted molar refractivity (Wildman–Crippen MR) is 83.0 cm³/mol. The first kappa shape index (κ1) is 13.1. The maximum absolute atomic E-state index is 3.51. The maximum atomic E-state index is 3.51. The fourth-order valence-electron chi connectivity index (χ4n) is 1.81. The highest BCUT2D eigenvalue weighted by molar-refractivity contribution is 9.10. The van der Waals surface area contributed by atoms with Crippen molar-refractivity contribution in [3.05, 3.63) is 48.5 Å². The lowest BCUT2D eigenvalue weighted by atomic mass is 10.1. The number of nitrogens with one attached hydrogen (secondary N) is 1. The van der Waals surface area contributed by atoms with Gasteiger partial charge in [0.05, 0.1) is 0 Å². The fourth-order valence-corrected chi connectivity index (χ4v) is 3.89. The Bertz CT molecular complexity index is 511. The summed E-state index contributed by atoms with van der Waals surface area (Å²) in [5.41, 5.74) is 3.78. The average Bonchev–Trinajstić information content (AvgIpc) is 2.62. The van der Waals surface area contributed by atoms with Crippen LogP contribution in [0.4, 0.5) is 5.69 Å². The third-order valence-electron chi connectivity index (χ3n) is 2.56. The van der Waals surface area contributed by atoms with E-state index < -0.39 is 0 Å². The molecule has 4 heteroatoms. The molecule has 1 N–H and O–H groups in total. The van der Waals surface area contributed by atoms with E-state index >= 15 is 0 Å². The Morgan fingerprint density at radius 2 is 1.71 bits per heavy atom. The zero-order chi connectivity index (χ0) is 12.4. The molecule has 2 aromatic rings. The lowest BCUT2D eigenvalue weighted by molar-refractivity contribution is 1.16. The van der Waals surface area contributed by atoms with Crippen molar-refractivity contribution in [3.8, 4) is 0 Å². The van der Waals surface area contributed by atoms with Crippen LogP contribution in [0.3, 0.4) is 0 Å². The molecule has 0 aliphatic carbocycles. The summed E-state index contributed by atoms with van der Waals surface area (Å²) in [6, 6.07) is 6.43. The van der Waals surface area contributed by atoms with Gasteiger partial charge in [0.25, 0.3) is 0 Å². The highest BCUT2D eigenvalue weighted by Crippen LogP contribution is 2.27. The van der Waals surface area contributed by atoms with E-state index in [1.54, 1.807) is 11.3 Å². The quantitative estimate of drug-likeness (QED) is 0.747. The van der Waals surface area contributed by atoms with E-state index in [4.69, 9.17) is 0 Å². The van der Waals surface area contributed by atoms with Crippen molar-refractivity contribution < 1.29 is 0 Å². The number of aryl methyl sites for hydroxylation is 2. The molecular weight excluding hydrogens is 362 g/mol. The van der Waals surface area contributed by atoms with Crippen molar-refractivity contribution in [1.29, 1.82) is 0 Å². The van der Waals surface area contributed by atoms with Crippen molar-refractivity contribution in [3.63, 3.8) is 0 Å². The number of thiophene rings is 1. The predicted octanol–water partition coefficient (Wildman–Crippen LogP) is 5.50. The first-order valence-corrected chi connectivity index (χ1v) is 7.76. The second-order valence-electron chi connectivity index (χ2n) is 4.00. The van der Waals surface area contributed by atoms with Crippen LogP contribution in [0.1, 0.15) is 16.0 Å². The molecule has 0 fully saturated rings. The third-order valence-corrected chi connectivity index (χ3v) is 4.71. The zero-order valence-corrected chi connectivity index (χ0v) is 13.7. The summed E-state index contributed by atoms with van der Waals surface area (Å²) in [6.07, 6.45) is 0. The van der Waals surface area contributed by atoms with Gasteiger partial charge < -0.3 is 5.32 Å². The minimum Gasteiger partial charge on any atom is -0.380 e. The molecule has 0 bridgehead atoms. The van der Waals surface area contributed by atoms with Gasteiger partial charge >= 0.3 is 0 Å². The summed E-state index contributed by atoms with van der Waals surface area (Å²) < 4.78 is 2.29. The van der Waals surface area contributed by atoms with Gasteiger partial charge in [-0.25, -0.2) is 0 Å². The zero-order valence-electron chi connectivity index (χ0n) is 9.68. The Morgan fingerprint density at radius 1 is 1.06 bits per heavy atom. The van der Waals surface area contributed by atoms with Crippen LogP contribution in [0.25, 0.3) is 0 Å². The van der Waals surface area contributed by atoms with Gasteiger partial charge in [-0.2, -0.15) is 0 Å². The van der Waals surface area contributed by atoms with Gasteiger partial charge in [0.15, 0.2) is 0 Å². The summed E-state index contributed by atoms with van der Waals surface area (Å²) in [7, 11) is 0. The van der Waals surface area contributed by atoms with Crippen LogP contribution >= 0.6 is 43.2 Å². The average molecular weight is 375 g/mol. The fraction of sp³-hybridized carbons (Fsp3) is 0.231. The SMILES string of the molecule is Cc1cc(Br)cc(C)c1NCc1cc(Br)cs1. The molecule has 0 spiro atoms. The van der Waals surface area contributed by atoms with Crippen LogP contribution < -0.4 is 5.32 Å². The number of benzene rings is 1. The Kier molecular flexibility index (Phi) is 4.28. The van der Waals surface area contributed by atoms with E-state index in [1.807, 2.05) is 0 Å². The minimum atomic E-state index is 0.875. The second-order valence-corrected chi connectivity index (χ2v) is 6.83. The van der Waals surface area contributed by atoms with Crippen molar-refractivity contribution in [2.24, 2.45) is 0 Å². The number of hydrogen-bond donors (Lipinski definition) is 1. The van der Waals surface area contributed by atoms with Crippen LogP contribution in [-0.2, 0) is 6.54 Å². The first-order valence-electron chi connectivity index (χ1n) is 5.30. The Hall–Kier alpha value is -0.320. The molecule has 0 saturated heterocycles. The molecule has 17 heavy (non-hydrogen) atoms. The molecule has 1 aromatic carbocycles. The molecule has 1 aromatic heterocycles. The van der Waals surface area contributed by atoms with Gasteiger partial charge in [0.2, 0.25) is 0 Å². The number of halogens is 2. The van der Waals surface area contributed by atoms with Crippen LogP contribution in [0.15, 0.2) is 32.5 Å². The van der Waals surface area contributed by atoms with E-state index in [1.165, 1.54) is 21.7 Å². The van der Waals surface area contributed by atoms with Crippen LogP contribution in [0.5, 0.6) is 0 Å². The smallest absolute Gasteiger partial charge is 0.0494 e. The molecule has 2 rings (SSSR count). The second kappa shape index (κ2) is 5.55. The van der Waals surface area contributed by atoms with Gasteiger partial charge in [-0.3, -0.25) is 0 Å². The van der Waals surface area contributed by atoms with Crippen LogP contribution in [0, 0.1) is 13.8 Å². The lowest BCUT2D eigenvalue weighted by Crippen LogP contribution is -2.01. The standard InChI is InChI=1S/C13H13Br2NS/c1-8-3-10(14)4-9(2)13(8)16-6-12-5-11(15)7-17-12/h3-5,7,16H,6H2,1-2H3. The van der Waals surface area contributed by atoms with E-state index in [0.29, 0.717) is 0 Å². The third kappa shape index (κ3) is 3.33. The molecule has 0 amide bonds. The number of anilines is 1. The van der Waals surface area contributed by atoms with Gasteiger partial charge in [-0.1, -0.05) is 15.9 Å². The molecule has 90 valence electrons. The maximum Gasteiger partial charge on any atom is 0.0494 e. The van der Waals surface area contributed by atoms with Gasteiger partial charge in [-0.05, 0) is 59.1 Å². The van der Waals surface area contributed by atoms with Crippen molar-refractivity contribution >= 4 is 48.9 Å². The highest BCUT2D eigenvalue weighted by Gasteiger charge is 2.04. The summed E-state index contributed by atoms with van der Waals surface area (Å²) in [5, 5.41) is 5.62. The summed E-state index contributed by atoms with van der Waals surface area (Å²) in [6.45, 7) is 5.13. The lowest BCUT2D eigenvalue weighted by Gasteiger charge is -2.12. The van der Waals surface area contributed by atoms with E-state index in [2.05, 4.69) is 74.6 Å². The molecule has 0 atom stereocenters. The van der Waals surface area contributed by atoms with Gasteiger partial charge in [0.1, 0.15) is 0 Å². The van der Waals surface area contributed by atoms with Gasteiger partial charge in [0, 0.05) is 31.4 Å². The molecule has 0 aliphatic heterocycles. The van der Waals surface area contributed by atoms with Crippen molar-refractivity contribution in [2.45, 2.75) is 20.4 Å². The highest BCUT2D eigenvalue weighted by atomic mass is 79.9. The van der Waals surface area contributed by atoms with Crippen LogP contribution in [0.2, 0.25) is 0 Å². The first-order chi connectivity index (χ1) is 8.06.